The number of anilines is 1. The van der Waals surface area contributed by atoms with E-state index in [1.54, 1.807) is 23.8 Å². The van der Waals surface area contributed by atoms with Gasteiger partial charge in [0.05, 0.1) is 28.8 Å². The van der Waals surface area contributed by atoms with Crippen molar-refractivity contribution in [2.45, 2.75) is 26.2 Å². The van der Waals surface area contributed by atoms with Crippen molar-refractivity contribution in [3.8, 4) is 11.3 Å². The molecule has 0 saturated carbocycles. The van der Waals surface area contributed by atoms with Crippen LogP contribution in [0, 0.1) is 5.92 Å². The van der Waals surface area contributed by atoms with Crippen LogP contribution in [0.2, 0.25) is 0 Å². The van der Waals surface area contributed by atoms with Crippen molar-refractivity contribution >= 4 is 22.9 Å². The molecule has 0 spiro atoms. The maximum atomic E-state index is 12.8. The van der Waals surface area contributed by atoms with Crippen molar-refractivity contribution in [2.75, 3.05) is 5.73 Å². The Kier molecular flexibility index (Phi) is 3.67. The summed E-state index contributed by atoms with van der Waals surface area (Å²) in [5.74, 6) is -0.0862. The first-order valence-corrected chi connectivity index (χ1v) is 7.95. The molecule has 1 unspecified atom stereocenters. The molecule has 6 nitrogen and oxygen atoms in total. The number of pyridine rings is 1. The molecule has 3 aromatic rings. The quantitative estimate of drug-likeness (QED) is 0.788. The van der Waals surface area contributed by atoms with E-state index in [9.17, 15) is 8.78 Å². The van der Waals surface area contributed by atoms with Gasteiger partial charge in [0, 0.05) is 37.7 Å². The largest absolute Gasteiger partial charge is 0.367 e. The molecule has 0 amide bonds. The summed E-state index contributed by atoms with van der Waals surface area (Å²) in [5, 5.41) is 4.11. The van der Waals surface area contributed by atoms with E-state index >= 15 is 0 Å². The average molecular weight is 344 g/mol. The predicted octanol–water partition coefficient (Wildman–Crippen LogP) is 3.54. The number of halogens is 2. The smallest absolute Gasteiger partial charge is 0.239 e. The van der Waals surface area contributed by atoms with Crippen molar-refractivity contribution in [3.05, 3.63) is 36.3 Å². The second-order valence-corrected chi connectivity index (χ2v) is 6.12. The van der Waals surface area contributed by atoms with Crippen molar-refractivity contribution in [3.63, 3.8) is 0 Å². The second-order valence-electron chi connectivity index (χ2n) is 6.12. The van der Waals surface area contributed by atoms with Gasteiger partial charge >= 0.3 is 0 Å². The molecule has 0 fully saturated rings. The zero-order valence-corrected chi connectivity index (χ0v) is 13.5. The van der Waals surface area contributed by atoms with Gasteiger partial charge in [-0.15, -0.1) is 5.10 Å². The van der Waals surface area contributed by atoms with Gasteiger partial charge in [0.1, 0.15) is 0 Å². The van der Waals surface area contributed by atoms with E-state index in [1.807, 2.05) is 18.2 Å². The number of aromatic nitrogens is 4. The number of aliphatic imine (C=N–C) groups is 1. The Bertz CT molecular complexity index is 985. The number of nitrogen functional groups attached to an aromatic ring is 1. The molecule has 3 aromatic heterocycles. The minimum atomic E-state index is -2.35. The number of rotatable bonds is 3. The Morgan fingerprint density at radius 2 is 2.20 bits per heavy atom. The summed E-state index contributed by atoms with van der Waals surface area (Å²) in [6.07, 6.45) is 1.35. The molecular formula is C17H18F2N6. The lowest BCUT2D eigenvalue weighted by Gasteiger charge is -2.22. The summed E-state index contributed by atoms with van der Waals surface area (Å²) < 4.78 is 27.2. The van der Waals surface area contributed by atoms with Crippen LogP contribution in [0.5, 0.6) is 0 Å². The van der Waals surface area contributed by atoms with E-state index in [2.05, 4.69) is 20.1 Å². The minimum absolute atomic E-state index is 0. The minimum Gasteiger partial charge on any atom is -0.367 e. The third kappa shape index (κ3) is 2.84. The van der Waals surface area contributed by atoms with Gasteiger partial charge in [0.15, 0.2) is 0 Å². The Morgan fingerprint density at radius 1 is 1.36 bits per heavy atom. The number of fused-ring (bicyclic) bond motifs is 2. The second kappa shape index (κ2) is 5.87. The van der Waals surface area contributed by atoms with E-state index in [0.29, 0.717) is 6.42 Å². The highest BCUT2D eigenvalue weighted by Crippen LogP contribution is 2.33. The zero-order chi connectivity index (χ0) is 17.6. The molecule has 1 aliphatic heterocycles. The van der Waals surface area contributed by atoms with Crippen LogP contribution in [0.3, 0.4) is 0 Å². The van der Waals surface area contributed by atoms with Crippen LogP contribution in [-0.2, 0) is 6.42 Å². The monoisotopic (exact) mass is 344 g/mol. The van der Waals surface area contributed by atoms with Crippen molar-refractivity contribution in [2.24, 2.45) is 10.9 Å². The van der Waals surface area contributed by atoms with Crippen molar-refractivity contribution in [1.29, 1.82) is 0 Å². The molecule has 4 heterocycles. The fourth-order valence-electron chi connectivity index (χ4n) is 3.16. The summed E-state index contributed by atoms with van der Waals surface area (Å²) in [6, 6.07) is 5.63. The summed E-state index contributed by atoms with van der Waals surface area (Å²) >= 11 is 0. The summed E-state index contributed by atoms with van der Waals surface area (Å²) in [7, 11) is 0. The molecule has 0 aliphatic carbocycles. The molecule has 0 bridgehead atoms. The maximum Gasteiger partial charge on any atom is 0.239 e. The third-order valence-electron chi connectivity index (χ3n) is 4.45. The highest BCUT2D eigenvalue weighted by Gasteiger charge is 2.25. The Balaban J connectivity index is 0.00000196. The third-order valence-corrected chi connectivity index (χ3v) is 4.45. The number of nitrogens with two attached hydrogens (primary N) is 1. The van der Waals surface area contributed by atoms with Crippen LogP contribution in [0.25, 0.3) is 16.8 Å². The molecule has 25 heavy (non-hydrogen) atoms. The van der Waals surface area contributed by atoms with E-state index < -0.39 is 6.43 Å². The van der Waals surface area contributed by atoms with Gasteiger partial charge < -0.3 is 5.73 Å². The van der Waals surface area contributed by atoms with Crippen LogP contribution >= 0.6 is 0 Å². The predicted molar refractivity (Wildman–Crippen MR) is 93.3 cm³/mol. The first-order chi connectivity index (χ1) is 12.0. The van der Waals surface area contributed by atoms with Gasteiger partial charge in [-0.2, -0.15) is 0 Å². The number of nitrogens with zero attached hydrogens (tertiary/aromatic N) is 5. The van der Waals surface area contributed by atoms with E-state index in [0.717, 1.165) is 33.9 Å². The molecule has 2 N–H and O–H groups in total. The highest BCUT2D eigenvalue weighted by atomic mass is 19.3. The van der Waals surface area contributed by atoms with E-state index in [4.69, 9.17) is 5.73 Å². The van der Waals surface area contributed by atoms with E-state index in [-0.39, 0.29) is 19.7 Å². The maximum absolute atomic E-state index is 12.8. The first kappa shape index (κ1) is 15.6. The molecule has 1 aliphatic rings. The molecule has 0 saturated heterocycles. The van der Waals surface area contributed by atoms with Crippen LogP contribution in [0.1, 0.15) is 20.5 Å². The Morgan fingerprint density at radius 3 is 3.00 bits per heavy atom. The molecule has 1 atom stereocenters. The standard InChI is InChI=1S/C17H16F2N6.H2/c1-9-10(7-16(18)19)6-14-13(22-9)3-2-12(23-14)11-4-5-25-15(11)8-21-17(20)24-25;/h2-5,8,10,16H,6-7H2,1H3,(H2,20,24);1H. The van der Waals surface area contributed by atoms with Crippen LogP contribution < -0.4 is 5.73 Å². The lowest BCUT2D eigenvalue weighted by molar-refractivity contribution is 0.125. The SMILES string of the molecule is CC1=Nc2ccc(-c3ccn4nc(N)ncc34)nc2CC1CC(F)F.[HH]. The van der Waals surface area contributed by atoms with Gasteiger partial charge in [-0.3, -0.25) is 9.98 Å². The van der Waals surface area contributed by atoms with Gasteiger partial charge in [0.2, 0.25) is 12.4 Å². The van der Waals surface area contributed by atoms with Crippen LogP contribution in [-0.4, -0.2) is 31.7 Å². The van der Waals surface area contributed by atoms with Crippen LogP contribution in [0.15, 0.2) is 35.6 Å². The summed E-state index contributed by atoms with van der Waals surface area (Å²) in [4.78, 5) is 13.1. The van der Waals surface area contributed by atoms with Crippen molar-refractivity contribution < 1.29 is 10.2 Å². The normalized spacial score (nSPS) is 17.0. The average Bonchev–Trinajstić information content (AvgIpc) is 2.97. The number of hydrogen-bond donors (Lipinski definition) is 1. The molecule has 0 radical (unpaired) electrons. The zero-order valence-electron chi connectivity index (χ0n) is 13.5. The van der Waals surface area contributed by atoms with E-state index in [1.165, 1.54) is 0 Å². The molecule has 4 rings (SSSR count). The van der Waals surface area contributed by atoms with Gasteiger partial charge in [-0.25, -0.2) is 18.3 Å². The van der Waals surface area contributed by atoms with Crippen molar-refractivity contribution in [1.82, 2.24) is 19.6 Å². The Labute approximate surface area is 143 Å². The lowest BCUT2D eigenvalue weighted by atomic mass is 9.91. The van der Waals surface area contributed by atoms with Gasteiger partial charge in [-0.1, -0.05) is 0 Å². The number of alkyl halides is 2. The molecule has 8 heteroatoms. The molecule has 0 aromatic carbocycles. The first-order valence-electron chi connectivity index (χ1n) is 7.95. The fraction of sp³-hybridized carbons (Fsp3) is 0.294. The van der Waals surface area contributed by atoms with Gasteiger partial charge in [-0.05, 0) is 25.1 Å². The topological polar surface area (TPSA) is 81.5 Å². The summed E-state index contributed by atoms with van der Waals surface area (Å²) in [6.45, 7) is 1.80. The summed E-state index contributed by atoms with van der Waals surface area (Å²) in [5.41, 5.74) is 10.2. The van der Waals surface area contributed by atoms with Crippen LogP contribution in [0.4, 0.5) is 20.4 Å². The molecular weight excluding hydrogens is 326 g/mol. The fourth-order valence-corrected chi connectivity index (χ4v) is 3.16. The lowest BCUT2D eigenvalue weighted by Crippen LogP contribution is -2.21. The Hall–Kier alpha value is -2.90. The highest BCUT2D eigenvalue weighted by molar-refractivity contribution is 5.89. The molecule has 130 valence electrons. The number of hydrogen-bond acceptors (Lipinski definition) is 5. The van der Waals surface area contributed by atoms with Gasteiger partial charge in [0.25, 0.3) is 0 Å².